The molecular formula is C21H21F3N4O2. The van der Waals surface area contributed by atoms with Gasteiger partial charge in [0.05, 0.1) is 18.2 Å². The van der Waals surface area contributed by atoms with E-state index in [0.717, 1.165) is 17.8 Å². The van der Waals surface area contributed by atoms with E-state index in [2.05, 4.69) is 4.98 Å². The van der Waals surface area contributed by atoms with Gasteiger partial charge in [-0.25, -0.2) is 4.98 Å². The molecule has 3 heterocycles. The van der Waals surface area contributed by atoms with Crippen LogP contribution in [0, 0.1) is 0 Å². The molecule has 2 saturated heterocycles. The summed E-state index contributed by atoms with van der Waals surface area (Å²) in [7, 11) is 0. The van der Waals surface area contributed by atoms with Crippen molar-refractivity contribution in [3.05, 3.63) is 59.8 Å². The minimum absolute atomic E-state index is 0.179. The highest BCUT2D eigenvalue weighted by Gasteiger charge is 2.40. The molecule has 0 N–H and O–H groups in total. The summed E-state index contributed by atoms with van der Waals surface area (Å²) >= 11 is 0. The van der Waals surface area contributed by atoms with Gasteiger partial charge >= 0.3 is 6.18 Å². The van der Waals surface area contributed by atoms with Crippen molar-refractivity contribution in [2.45, 2.75) is 18.5 Å². The lowest BCUT2D eigenvalue weighted by Crippen LogP contribution is -2.51. The van der Waals surface area contributed by atoms with Gasteiger partial charge in [0.1, 0.15) is 5.82 Å². The van der Waals surface area contributed by atoms with E-state index in [9.17, 15) is 22.8 Å². The van der Waals surface area contributed by atoms with Crippen LogP contribution in [0.3, 0.4) is 0 Å². The van der Waals surface area contributed by atoms with Gasteiger partial charge < -0.3 is 4.90 Å². The fourth-order valence-corrected chi connectivity index (χ4v) is 3.84. The highest BCUT2D eigenvalue weighted by atomic mass is 19.4. The molecule has 0 unspecified atom stereocenters. The molecule has 30 heavy (non-hydrogen) atoms. The van der Waals surface area contributed by atoms with Crippen molar-refractivity contribution in [3.8, 4) is 0 Å². The van der Waals surface area contributed by atoms with E-state index < -0.39 is 17.7 Å². The van der Waals surface area contributed by atoms with Gasteiger partial charge in [-0.3, -0.25) is 19.4 Å². The Morgan fingerprint density at radius 2 is 1.67 bits per heavy atom. The fourth-order valence-electron chi connectivity index (χ4n) is 3.84. The van der Waals surface area contributed by atoms with Crippen LogP contribution in [0.1, 0.15) is 23.5 Å². The Kier molecular flexibility index (Phi) is 5.46. The van der Waals surface area contributed by atoms with E-state index in [1.54, 1.807) is 0 Å². The van der Waals surface area contributed by atoms with Crippen molar-refractivity contribution in [1.82, 2.24) is 14.8 Å². The third-order valence-electron chi connectivity index (χ3n) is 5.56. The Labute approximate surface area is 171 Å². The number of aromatic nitrogens is 1. The van der Waals surface area contributed by atoms with E-state index in [-0.39, 0.29) is 24.9 Å². The maximum absolute atomic E-state index is 12.8. The Morgan fingerprint density at radius 3 is 2.27 bits per heavy atom. The number of carbonyl (C=O) groups excluding carboxylic acids is 2. The van der Waals surface area contributed by atoms with Crippen molar-refractivity contribution >= 4 is 17.6 Å². The second-order valence-electron chi connectivity index (χ2n) is 7.48. The highest BCUT2D eigenvalue weighted by molar-refractivity contribution is 6.06. The Hall–Kier alpha value is -2.94. The number of benzene rings is 1. The molecule has 2 amide bonds. The van der Waals surface area contributed by atoms with Crippen LogP contribution in [-0.4, -0.2) is 59.4 Å². The summed E-state index contributed by atoms with van der Waals surface area (Å²) < 4.78 is 38.1. The van der Waals surface area contributed by atoms with Gasteiger partial charge in [-0.05, 0) is 17.7 Å². The molecule has 0 aliphatic carbocycles. The molecule has 158 valence electrons. The zero-order chi connectivity index (χ0) is 21.3. The zero-order valence-corrected chi connectivity index (χ0v) is 16.2. The molecule has 9 heteroatoms. The van der Waals surface area contributed by atoms with Gasteiger partial charge in [0.2, 0.25) is 11.8 Å². The third-order valence-corrected chi connectivity index (χ3v) is 5.56. The summed E-state index contributed by atoms with van der Waals surface area (Å²) in [6.07, 6.45) is -3.39. The van der Waals surface area contributed by atoms with E-state index in [1.807, 2.05) is 40.1 Å². The number of alkyl halides is 3. The van der Waals surface area contributed by atoms with Crippen LogP contribution in [-0.2, 0) is 15.8 Å². The first-order valence-electron chi connectivity index (χ1n) is 9.72. The number of hydrogen-bond acceptors (Lipinski definition) is 5. The van der Waals surface area contributed by atoms with Crippen LogP contribution in [0.5, 0.6) is 0 Å². The van der Waals surface area contributed by atoms with E-state index in [1.165, 1.54) is 11.0 Å². The van der Waals surface area contributed by atoms with E-state index in [4.69, 9.17) is 0 Å². The Bertz CT molecular complexity index is 910. The molecule has 0 spiro atoms. The molecule has 4 rings (SSSR count). The number of amides is 2. The number of anilines is 1. The molecule has 6 nitrogen and oxygen atoms in total. The number of halogens is 3. The average Bonchev–Trinajstić information content (AvgIpc) is 3.03. The lowest BCUT2D eigenvalue weighted by molar-refractivity contribution is -0.141. The number of piperazine rings is 1. The summed E-state index contributed by atoms with van der Waals surface area (Å²) in [4.78, 5) is 34.3. The SMILES string of the molecule is O=C1C[C@@H](c2ccccc2)C(=O)N1CN1CCN(c2ccc(C(F)(F)F)cn2)CC1. The van der Waals surface area contributed by atoms with Crippen LogP contribution in [0.2, 0.25) is 0 Å². The second-order valence-corrected chi connectivity index (χ2v) is 7.48. The van der Waals surface area contributed by atoms with Gasteiger partial charge in [0.15, 0.2) is 0 Å². The van der Waals surface area contributed by atoms with E-state index >= 15 is 0 Å². The maximum atomic E-state index is 12.8. The normalized spacial score (nSPS) is 20.8. The lowest BCUT2D eigenvalue weighted by atomic mass is 9.98. The molecule has 0 radical (unpaired) electrons. The summed E-state index contributed by atoms with van der Waals surface area (Å²) in [5, 5.41) is 0. The molecule has 0 bridgehead atoms. The van der Waals surface area contributed by atoms with Crippen molar-refractivity contribution in [3.63, 3.8) is 0 Å². The summed E-state index contributed by atoms with van der Waals surface area (Å²) in [6.45, 7) is 2.49. The summed E-state index contributed by atoms with van der Waals surface area (Å²) in [6, 6.07) is 11.7. The molecule has 2 fully saturated rings. The molecular weight excluding hydrogens is 397 g/mol. The van der Waals surface area contributed by atoms with Crippen molar-refractivity contribution in [2.24, 2.45) is 0 Å². The highest BCUT2D eigenvalue weighted by Crippen LogP contribution is 2.31. The maximum Gasteiger partial charge on any atom is 0.417 e. The minimum atomic E-state index is -4.41. The third kappa shape index (κ3) is 4.16. The molecule has 2 aromatic rings. The number of hydrogen-bond donors (Lipinski definition) is 0. The smallest absolute Gasteiger partial charge is 0.354 e. The number of likely N-dealkylation sites (tertiary alicyclic amines) is 1. The van der Waals surface area contributed by atoms with Crippen molar-refractivity contribution < 1.29 is 22.8 Å². The predicted molar refractivity (Wildman–Crippen MR) is 104 cm³/mol. The Morgan fingerprint density at radius 1 is 0.967 bits per heavy atom. The van der Waals surface area contributed by atoms with Gasteiger partial charge in [-0.2, -0.15) is 13.2 Å². The lowest BCUT2D eigenvalue weighted by Gasteiger charge is -2.36. The summed E-state index contributed by atoms with van der Waals surface area (Å²) in [5.74, 6) is -0.310. The van der Waals surface area contributed by atoms with Crippen LogP contribution < -0.4 is 4.90 Å². The van der Waals surface area contributed by atoms with Crippen LogP contribution in [0.15, 0.2) is 48.7 Å². The van der Waals surface area contributed by atoms with Gasteiger partial charge in [0, 0.05) is 38.8 Å². The predicted octanol–water partition coefficient (Wildman–Crippen LogP) is 2.72. The molecule has 0 saturated carbocycles. The first-order valence-corrected chi connectivity index (χ1v) is 9.72. The van der Waals surface area contributed by atoms with Gasteiger partial charge in [-0.1, -0.05) is 30.3 Å². The molecule has 1 atom stereocenters. The van der Waals surface area contributed by atoms with E-state index in [0.29, 0.717) is 32.0 Å². The van der Waals surface area contributed by atoms with Crippen LogP contribution in [0.25, 0.3) is 0 Å². The fraction of sp³-hybridized carbons (Fsp3) is 0.381. The molecule has 2 aliphatic heterocycles. The number of imide groups is 1. The van der Waals surface area contributed by atoms with Crippen molar-refractivity contribution in [1.29, 1.82) is 0 Å². The van der Waals surface area contributed by atoms with Gasteiger partial charge in [-0.15, -0.1) is 0 Å². The molecule has 1 aromatic carbocycles. The van der Waals surface area contributed by atoms with Crippen LogP contribution >= 0.6 is 0 Å². The topological polar surface area (TPSA) is 56.8 Å². The zero-order valence-electron chi connectivity index (χ0n) is 16.2. The minimum Gasteiger partial charge on any atom is -0.354 e. The first kappa shape index (κ1) is 20.3. The number of pyridine rings is 1. The standard InChI is InChI=1S/C21H21F3N4O2/c22-21(23,24)16-6-7-18(25-13-16)27-10-8-26(9-11-27)14-28-19(29)12-17(20(28)30)15-4-2-1-3-5-15/h1-7,13,17H,8-12,14H2/t17-/m0/s1. The molecule has 2 aliphatic rings. The Balaban J connectivity index is 1.34. The first-order chi connectivity index (χ1) is 14.3. The quantitative estimate of drug-likeness (QED) is 0.715. The van der Waals surface area contributed by atoms with Gasteiger partial charge in [0.25, 0.3) is 0 Å². The van der Waals surface area contributed by atoms with Crippen LogP contribution in [0.4, 0.5) is 19.0 Å². The second kappa shape index (κ2) is 8.06. The molecule has 1 aromatic heterocycles. The number of rotatable bonds is 4. The average molecular weight is 418 g/mol. The van der Waals surface area contributed by atoms with Crippen molar-refractivity contribution in [2.75, 3.05) is 37.7 Å². The summed E-state index contributed by atoms with van der Waals surface area (Å²) in [5.41, 5.74) is 0.0699. The number of nitrogens with zero attached hydrogens (tertiary/aromatic N) is 4. The largest absolute Gasteiger partial charge is 0.417 e. The number of carbonyl (C=O) groups is 2. The monoisotopic (exact) mass is 418 g/mol.